The van der Waals surface area contributed by atoms with Crippen molar-refractivity contribution in [2.45, 2.75) is 16.7 Å². The second kappa shape index (κ2) is 5.27. The average molecular weight is 260 g/mol. The first-order chi connectivity index (χ1) is 8.22. The zero-order chi connectivity index (χ0) is 12.3. The number of nitrogens with zero attached hydrogens (tertiary/aromatic N) is 1. The topological polar surface area (TPSA) is 23.8 Å². The molecule has 17 heavy (non-hydrogen) atoms. The fraction of sp³-hybridized carbons (Fsp3) is 0.0714. The Kier molecular flexibility index (Phi) is 3.73. The molecule has 3 heteroatoms. The van der Waals surface area contributed by atoms with Crippen LogP contribution < -0.4 is 0 Å². The second-order valence-electron chi connectivity index (χ2n) is 3.60. The first kappa shape index (κ1) is 12.0. The van der Waals surface area contributed by atoms with E-state index in [1.54, 1.807) is 0 Å². The van der Waals surface area contributed by atoms with E-state index >= 15 is 0 Å². The summed E-state index contributed by atoms with van der Waals surface area (Å²) in [6, 6.07) is 15.6. The highest BCUT2D eigenvalue weighted by atomic mass is 35.5. The van der Waals surface area contributed by atoms with E-state index in [0.717, 1.165) is 15.4 Å². The van der Waals surface area contributed by atoms with Crippen molar-refractivity contribution in [3.05, 3.63) is 58.6 Å². The zero-order valence-corrected chi connectivity index (χ0v) is 10.8. The van der Waals surface area contributed by atoms with Crippen LogP contribution in [0.3, 0.4) is 0 Å². The number of hydrogen-bond donors (Lipinski definition) is 0. The van der Waals surface area contributed by atoms with Crippen LogP contribution in [0.5, 0.6) is 0 Å². The minimum atomic E-state index is 0.690. The van der Waals surface area contributed by atoms with E-state index in [2.05, 4.69) is 6.07 Å². The van der Waals surface area contributed by atoms with Gasteiger partial charge in [-0.25, -0.2) is 0 Å². The molecule has 2 rings (SSSR count). The van der Waals surface area contributed by atoms with Gasteiger partial charge in [0.05, 0.1) is 10.6 Å². The molecule has 0 saturated carbocycles. The summed E-state index contributed by atoms with van der Waals surface area (Å²) in [6.07, 6.45) is 0. The molecule has 0 unspecified atom stereocenters. The molecule has 0 aliphatic rings. The number of hydrogen-bond acceptors (Lipinski definition) is 2. The van der Waals surface area contributed by atoms with E-state index in [9.17, 15) is 0 Å². The fourth-order valence-electron chi connectivity index (χ4n) is 1.51. The minimum absolute atomic E-state index is 0.690. The Bertz CT molecular complexity index is 587. The second-order valence-corrected chi connectivity index (χ2v) is 5.06. The summed E-state index contributed by atoms with van der Waals surface area (Å²) >= 11 is 7.66. The molecule has 0 fully saturated rings. The molecule has 2 aromatic rings. The van der Waals surface area contributed by atoms with Crippen LogP contribution in [0.1, 0.15) is 11.1 Å². The van der Waals surface area contributed by atoms with Gasteiger partial charge in [0.1, 0.15) is 6.07 Å². The van der Waals surface area contributed by atoms with Gasteiger partial charge in [0.15, 0.2) is 0 Å². The summed E-state index contributed by atoms with van der Waals surface area (Å²) in [5.74, 6) is 0. The Labute approximate surface area is 110 Å². The maximum Gasteiger partial charge on any atom is 0.100 e. The van der Waals surface area contributed by atoms with E-state index in [4.69, 9.17) is 16.9 Å². The van der Waals surface area contributed by atoms with Crippen LogP contribution in [0.2, 0.25) is 5.02 Å². The SMILES string of the molecule is Cc1cccc(C#N)c1Sc1ccccc1Cl. The van der Waals surface area contributed by atoms with Crippen LogP contribution in [-0.4, -0.2) is 0 Å². The van der Waals surface area contributed by atoms with E-state index in [-0.39, 0.29) is 0 Å². The van der Waals surface area contributed by atoms with E-state index in [0.29, 0.717) is 10.6 Å². The van der Waals surface area contributed by atoms with Gasteiger partial charge in [-0.15, -0.1) is 0 Å². The van der Waals surface area contributed by atoms with Crippen LogP contribution in [0, 0.1) is 18.3 Å². The summed E-state index contributed by atoms with van der Waals surface area (Å²) in [5.41, 5.74) is 1.78. The molecule has 0 aliphatic heterocycles. The molecule has 1 nitrogen and oxygen atoms in total. The lowest BCUT2D eigenvalue weighted by Crippen LogP contribution is -1.86. The largest absolute Gasteiger partial charge is 0.192 e. The predicted octanol–water partition coefficient (Wildman–Crippen LogP) is 4.67. The highest BCUT2D eigenvalue weighted by Crippen LogP contribution is 2.36. The highest BCUT2D eigenvalue weighted by molar-refractivity contribution is 7.99. The Hall–Kier alpha value is -1.43. The van der Waals surface area contributed by atoms with Crippen LogP contribution in [0.25, 0.3) is 0 Å². The molecule has 0 bridgehead atoms. The zero-order valence-electron chi connectivity index (χ0n) is 9.27. The van der Waals surface area contributed by atoms with Crippen molar-refractivity contribution in [3.8, 4) is 6.07 Å². The maximum absolute atomic E-state index is 9.09. The summed E-state index contributed by atoms with van der Waals surface area (Å²) < 4.78 is 0. The fourth-order valence-corrected chi connectivity index (χ4v) is 2.75. The van der Waals surface area contributed by atoms with Crippen LogP contribution >= 0.6 is 23.4 Å². The molecule has 84 valence electrons. The third-order valence-corrected chi connectivity index (χ3v) is 4.14. The molecule has 0 amide bonds. The Balaban J connectivity index is 2.44. The lowest BCUT2D eigenvalue weighted by Gasteiger charge is -2.08. The third-order valence-electron chi connectivity index (χ3n) is 2.38. The number of rotatable bonds is 2. The summed E-state index contributed by atoms with van der Waals surface area (Å²) in [7, 11) is 0. The van der Waals surface area contributed by atoms with Gasteiger partial charge in [-0.2, -0.15) is 5.26 Å². The van der Waals surface area contributed by atoms with Crippen molar-refractivity contribution in [2.24, 2.45) is 0 Å². The van der Waals surface area contributed by atoms with Crippen molar-refractivity contribution in [3.63, 3.8) is 0 Å². The number of nitriles is 1. The molecule has 2 aromatic carbocycles. The number of benzene rings is 2. The lowest BCUT2D eigenvalue weighted by atomic mass is 10.1. The van der Waals surface area contributed by atoms with Crippen molar-refractivity contribution >= 4 is 23.4 Å². The predicted molar refractivity (Wildman–Crippen MR) is 71.5 cm³/mol. The van der Waals surface area contributed by atoms with Crippen LogP contribution in [0.15, 0.2) is 52.3 Å². The normalized spacial score (nSPS) is 9.94. The van der Waals surface area contributed by atoms with E-state index < -0.39 is 0 Å². The summed E-state index contributed by atoms with van der Waals surface area (Å²) in [6.45, 7) is 2.00. The highest BCUT2D eigenvalue weighted by Gasteiger charge is 2.08. The first-order valence-corrected chi connectivity index (χ1v) is 6.34. The van der Waals surface area contributed by atoms with Gasteiger partial charge in [0.25, 0.3) is 0 Å². The Morgan fingerprint density at radius 3 is 2.59 bits per heavy atom. The van der Waals surface area contributed by atoms with Gasteiger partial charge in [0, 0.05) is 9.79 Å². The molecular weight excluding hydrogens is 250 g/mol. The minimum Gasteiger partial charge on any atom is -0.192 e. The molecule has 0 atom stereocenters. The standard InChI is InChI=1S/C14H10ClNS/c1-10-5-4-6-11(9-16)14(10)17-13-8-3-2-7-12(13)15/h2-8H,1H3. The lowest BCUT2D eigenvalue weighted by molar-refractivity contribution is 1.26. The quantitative estimate of drug-likeness (QED) is 0.782. The van der Waals surface area contributed by atoms with Gasteiger partial charge in [0.2, 0.25) is 0 Å². The van der Waals surface area contributed by atoms with Crippen molar-refractivity contribution in [1.29, 1.82) is 5.26 Å². The molecule has 0 heterocycles. The molecule has 0 aromatic heterocycles. The van der Waals surface area contributed by atoms with Crippen molar-refractivity contribution in [2.75, 3.05) is 0 Å². The molecule has 0 aliphatic carbocycles. The number of aryl methyl sites for hydroxylation is 1. The third kappa shape index (κ3) is 2.63. The summed E-state index contributed by atoms with van der Waals surface area (Å²) in [5, 5.41) is 9.81. The average Bonchev–Trinajstić information content (AvgIpc) is 2.34. The van der Waals surface area contributed by atoms with Gasteiger partial charge in [-0.3, -0.25) is 0 Å². The summed E-state index contributed by atoms with van der Waals surface area (Å²) in [4.78, 5) is 1.95. The van der Waals surface area contributed by atoms with Crippen molar-refractivity contribution < 1.29 is 0 Å². The van der Waals surface area contributed by atoms with Gasteiger partial charge < -0.3 is 0 Å². The van der Waals surface area contributed by atoms with Gasteiger partial charge in [-0.1, -0.05) is 47.6 Å². The van der Waals surface area contributed by atoms with Gasteiger partial charge in [-0.05, 0) is 30.7 Å². The first-order valence-electron chi connectivity index (χ1n) is 5.14. The van der Waals surface area contributed by atoms with Crippen LogP contribution in [-0.2, 0) is 0 Å². The molecule has 0 radical (unpaired) electrons. The molecule has 0 spiro atoms. The molecular formula is C14H10ClNS. The Morgan fingerprint density at radius 1 is 1.12 bits per heavy atom. The smallest absolute Gasteiger partial charge is 0.100 e. The van der Waals surface area contributed by atoms with Gasteiger partial charge >= 0.3 is 0 Å². The maximum atomic E-state index is 9.09. The van der Waals surface area contributed by atoms with E-state index in [1.807, 2.05) is 49.4 Å². The van der Waals surface area contributed by atoms with Crippen molar-refractivity contribution in [1.82, 2.24) is 0 Å². The monoisotopic (exact) mass is 259 g/mol. The molecule has 0 N–H and O–H groups in total. The number of halogens is 1. The van der Waals surface area contributed by atoms with Crippen LogP contribution in [0.4, 0.5) is 0 Å². The Morgan fingerprint density at radius 2 is 1.88 bits per heavy atom. The van der Waals surface area contributed by atoms with E-state index in [1.165, 1.54) is 11.8 Å². The molecule has 0 saturated heterocycles.